The Hall–Kier alpha value is -1.97. The topological polar surface area (TPSA) is 59.0 Å². The number of ether oxygens (including phenoxy) is 1. The van der Waals surface area contributed by atoms with Gasteiger partial charge >= 0.3 is 0 Å². The van der Waals surface area contributed by atoms with Crippen LogP contribution < -0.4 is 4.90 Å². The van der Waals surface area contributed by atoms with E-state index < -0.39 is 0 Å². The van der Waals surface area contributed by atoms with Gasteiger partial charge in [-0.1, -0.05) is 6.07 Å². The molecule has 1 aliphatic rings. The van der Waals surface area contributed by atoms with E-state index in [2.05, 4.69) is 4.99 Å². The number of carbonyl (C=O) groups is 1. The van der Waals surface area contributed by atoms with Crippen LogP contribution in [0, 0.1) is 0 Å². The lowest BCUT2D eigenvalue weighted by molar-refractivity contribution is -0.122. The molecule has 0 aromatic heterocycles. The van der Waals surface area contributed by atoms with Gasteiger partial charge in [-0.25, -0.2) is 4.79 Å². The highest BCUT2D eigenvalue weighted by Crippen LogP contribution is 2.31. The van der Waals surface area contributed by atoms with Gasteiger partial charge in [-0.15, -0.1) is 0 Å². The number of carbonyl (C=O) groups excluding carboxylic acids is 2. The van der Waals surface area contributed by atoms with Gasteiger partial charge in [-0.05, 0) is 30.5 Å². The summed E-state index contributed by atoms with van der Waals surface area (Å²) in [6.45, 7) is 0.726. The maximum atomic E-state index is 11.9. The van der Waals surface area contributed by atoms with Crippen LogP contribution in [-0.4, -0.2) is 32.2 Å². The number of benzene rings is 1. The number of isocyanates is 1. The van der Waals surface area contributed by atoms with Gasteiger partial charge in [0.2, 0.25) is 6.08 Å². The first kappa shape index (κ1) is 12.5. The van der Waals surface area contributed by atoms with Gasteiger partial charge in [0.05, 0.1) is 5.69 Å². The number of amides is 1. The Bertz CT molecular complexity index is 507. The maximum absolute atomic E-state index is 11.9. The molecule has 1 amide bonds. The Morgan fingerprint density at radius 1 is 1.56 bits per heavy atom. The highest BCUT2D eigenvalue weighted by Gasteiger charge is 2.22. The van der Waals surface area contributed by atoms with Crippen LogP contribution in [0.4, 0.5) is 11.4 Å². The Morgan fingerprint density at radius 3 is 3.11 bits per heavy atom. The van der Waals surface area contributed by atoms with Crippen LogP contribution in [0.2, 0.25) is 0 Å². The zero-order valence-electron chi connectivity index (χ0n) is 10.2. The van der Waals surface area contributed by atoms with E-state index in [4.69, 9.17) is 4.74 Å². The number of anilines is 1. The summed E-state index contributed by atoms with van der Waals surface area (Å²) < 4.78 is 4.87. The number of aliphatic imine (C=N–C) groups is 1. The van der Waals surface area contributed by atoms with E-state index in [1.807, 2.05) is 6.07 Å². The first-order valence-corrected chi connectivity index (χ1v) is 5.76. The average Bonchev–Trinajstić information content (AvgIpc) is 2.38. The van der Waals surface area contributed by atoms with E-state index in [-0.39, 0.29) is 12.5 Å². The molecule has 18 heavy (non-hydrogen) atoms. The minimum atomic E-state index is -0.0781. The van der Waals surface area contributed by atoms with Gasteiger partial charge in [-0.3, -0.25) is 4.79 Å². The highest BCUT2D eigenvalue weighted by atomic mass is 16.5. The van der Waals surface area contributed by atoms with E-state index in [0.717, 1.165) is 24.1 Å². The van der Waals surface area contributed by atoms with Crippen LogP contribution in [0.25, 0.3) is 0 Å². The van der Waals surface area contributed by atoms with Gasteiger partial charge in [-0.2, -0.15) is 4.99 Å². The van der Waals surface area contributed by atoms with Gasteiger partial charge in [0.1, 0.15) is 6.61 Å². The molecule has 1 aromatic carbocycles. The minimum absolute atomic E-state index is 0.0562. The minimum Gasteiger partial charge on any atom is -0.375 e. The Morgan fingerprint density at radius 2 is 2.39 bits per heavy atom. The number of hydrogen-bond donors (Lipinski definition) is 0. The molecule has 94 valence electrons. The molecule has 0 radical (unpaired) electrons. The van der Waals surface area contributed by atoms with Gasteiger partial charge in [0, 0.05) is 19.3 Å². The molecule has 0 saturated carbocycles. The van der Waals surface area contributed by atoms with Crippen LogP contribution in [0.15, 0.2) is 23.2 Å². The predicted octanol–water partition coefficient (Wildman–Crippen LogP) is 1.58. The van der Waals surface area contributed by atoms with E-state index in [9.17, 15) is 9.59 Å². The summed E-state index contributed by atoms with van der Waals surface area (Å²) >= 11 is 0. The second-order valence-corrected chi connectivity index (χ2v) is 4.10. The fourth-order valence-electron chi connectivity index (χ4n) is 2.15. The number of aryl methyl sites for hydroxylation is 1. The van der Waals surface area contributed by atoms with Crippen LogP contribution in [-0.2, 0) is 20.7 Å². The molecular formula is C13H14N2O3. The van der Waals surface area contributed by atoms with Gasteiger partial charge < -0.3 is 9.64 Å². The molecule has 0 bridgehead atoms. The summed E-state index contributed by atoms with van der Waals surface area (Å²) in [6.07, 6.45) is 3.36. The van der Waals surface area contributed by atoms with Crippen LogP contribution in [0.1, 0.15) is 12.0 Å². The van der Waals surface area contributed by atoms with Crippen molar-refractivity contribution in [3.8, 4) is 0 Å². The smallest absolute Gasteiger partial charge is 0.252 e. The highest BCUT2D eigenvalue weighted by molar-refractivity contribution is 5.96. The molecule has 1 aliphatic heterocycles. The third kappa shape index (κ3) is 2.47. The standard InChI is InChI=1S/C13H14N2O3/c1-18-8-13(17)15-6-2-3-10-4-5-11(14-9-16)7-12(10)15/h4-5,7H,2-3,6,8H2,1H3. The number of methoxy groups -OCH3 is 1. The molecule has 0 fully saturated rings. The summed E-state index contributed by atoms with van der Waals surface area (Å²) in [5.41, 5.74) is 2.43. The summed E-state index contributed by atoms with van der Waals surface area (Å²) in [4.78, 5) is 27.5. The molecule has 0 N–H and O–H groups in total. The molecule has 5 nitrogen and oxygen atoms in total. The predicted molar refractivity (Wildman–Crippen MR) is 66.8 cm³/mol. The Labute approximate surface area is 105 Å². The van der Waals surface area contributed by atoms with Crippen molar-refractivity contribution in [1.82, 2.24) is 0 Å². The van der Waals surface area contributed by atoms with Crippen molar-refractivity contribution in [1.29, 1.82) is 0 Å². The largest absolute Gasteiger partial charge is 0.375 e. The molecule has 2 rings (SSSR count). The summed E-state index contributed by atoms with van der Waals surface area (Å²) in [5, 5.41) is 0. The quantitative estimate of drug-likeness (QED) is 0.601. The lowest BCUT2D eigenvalue weighted by atomic mass is 10.0. The molecule has 0 saturated heterocycles. The summed E-state index contributed by atoms with van der Waals surface area (Å²) in [6, 6.07) is 5.40. The fraction of sp³-hybridized carbons (Fsp3) is 0.385. The van der Waals surface area contributed by atoms with E-state index >= 15 is 0 Å². The monoisotopic (exact) mass is 246 g/mol. The first-order valence-electron chi connectivity index (χ1n) is 5.76. The lowest BCUT2D eigenvalue weighted by Crippen LogP contribution is -2.37. The van der Waals surface area contributed by atoms with Crippen molar-refractivity contribution < 1.29 is 14.3 Å². The van der Waals surface area contributed by atoms with E-state index in [1.165, 1.54) is 13.2 Å². The Balaban J connectivity index is 2.36. The van der Waals surface area contributed by atoms with Crippen LogP contribution in [0.5, 0.6) is 0 Å². The fourth-order valence-corrected chi connectivity index (χ4v) is 2.15. The number of rotatable bonds is 3. The SMILES string of the molecule is COCC(=O)N1CCCc2ccc(N=C=O)cc21. The Kier molecular flexibility index (Phi) is 3.87. The van der Waals surface area contributed by atoms with Crippen molar-refractivity contribution in [3.63, 3.8) is 0 Å². The third-order valence-electron chi connectivity index (χ3n) is 2.93. The molecule has 0 aliphatic carbocycles. The maximum Gasteiger partial charge on any atom is 0.252 e. The molecule has 0 unspecified atom stereocenters. The van der Waals surface area contributed by atoms with Crippen molar-refractivity contribution in [2.75, 3.05) is 25.2 Å². The second-order valence-electron chi connectivity index (χ2n) is 4.10. The number of hydrogen-bond acceptors (Lipinski definition) is 4. The van der Waals surface area contributed by atoms with Gasteiger partial charge in [0.15, 0.2) is 0 Å². The number of nitrogens with zero attached hydrogens (tertiary/aromatic N) is 2. The normalized spacial score (nSPS) is 13.7. The first-order chi connectivity index (χ1) is 8.76. The zero-order valence-corrected chi connectivity index (χ0v) is 10.2. The zero-order chi connectivity index (χ0) is 13.0. The van der Waals surface area contributed by atoms with E-state index in [1.54, 1.807) is 17.0 Å². The van der Waals surface area contributed by atoms with Crippen molar-refractivity contribution in [2.45, 2.75) is 12.8 Å². The molecule has 0 spiro atoms. The van der Waals surface area contributed by atoms with Crippen LogP contribution >= 0.6 is 0 Å². The van der Waals surface area contributed by atoms with Crippen molar-refractivity contribution in [2.24, 2.45) is 4.99 Å². The number of fused-ring (bicyclic) bond motifs is 1. The molecule has 1 heterocycles. The second kappa shape index (κ2) is 5.58. The summed E-state index contributed by atoms with van der Waals surface area (Å²) in [7, 11) is 1.50. The third-order valence-corrected chi connectivity index (χ3v) is 2.93. The molecular weight excluding hydrogens is 232 g/mol. The average molecular weight is 246 g/mol. The lowest BCUT2D eigenvalue weighted by Gasteiger charge is -2.29. The van der Waals surface area contributed by atoms with Gasteiger partial charge in [0.25, 0.3) is 5.91 Å². The molecule has 5 heteroatoms. The van der Waals surface area contributed by atoms with Crippen molar-refractivity contribution >= 4 is 23.4 Å². The van der Waals surface area contributed by atoms with Crippen molar-refractivity contribution in [3.05, 3.63) is 23.8 Å². The summed E-state index contributed by atoms with van der Waals surface area (Å²) in [5.74, 6) is -0.0781. The molecule has 1 aromatic rings. The van der Waals surface area contributed by atoms with Crippen LogP contribution in [0.3, 0.4) is 0 Å². The molecule has 0 atom stereocenters. The van der Waals surface area contributed by atoms with E-state index in [0.29, 0.717) is 12.2 Å².